The monoisotopic (exact) mass is 282 g/mol. The van der Waals surface area contributed by atoms with Gasteiger partial charge in [0.1, 0.15) is 0 Å². The van der Waals surface area contributed by atoms with E-state index in [4.69, 9.17) is 10.5 Å². The summed E-state index contributed by atoms with van der Waals surface area (Å²) < 4.78 is 4.71. The lowest BCUT2D eigenvalue weighted by molar-refractivity contribution is 0.0601. The lowest BCUT2D eigenvalue weighted by Crippen LogP contribution is -2.25. The van der Waals surface area contributed by atoms with Crippen molar-refractivity contribution in [3.8, 4) is 0 Å². The predicted octanol–water partition coefficient (Wildman–Crippen LogP) is 2.49. The van der Waals surface area contributed by atoms with Crippen molar-refractivity contribution >= 4 is 23.4 Å². The van der Waals surface area contributed by atoms with E-state index in [0.29, 0.717) is 11.3 Å². The van der Waals surface area contributed by atoms with Gasteiger partial charge in [-0.25, -0.2) is 4.79 Å². The first-order valence-electron chi connectivity index (χ1n) is 6.45. The van der Waals surface area contributed by atoms with E-state index in [1.165, 1.54) is 7.11 Å². The Labute approximate surface area is 119 Å². The normalized spacial score (nSPS) is 10.7. The van der Waals surface area contributed by atoms with Crippen LogP contribution in [0.4, 0.5) is 5.69 Å². The number of hydrogen-bond donors (Lipinski definition) is 1. The molecule has 2 N–H and O–H groups in total. The standard InChI is InChI=1S/C14H22N2O2S/c1-4-16(5-2)8-9-19-11-6-7-13(15)12(10-11)14(17)18-3/h6-7,10H,4-5,8-9,15H2,1-3H3. The first kappa shape index (κ1) is 15.9. The van der Waals surface area contributed by atoms with Crippen LogP contribution in [0.15, 0.2) is 23.1 Å². The molecule has 0 atom stereocenters. The van der Waals surface area contributed by atoms with Crippen molar-refractivity contribution in [2.75, 3.05) is 38.2 Å². The molecule has 0 aliphatic carbocycles. The average molecular weight is 282 g/mol. The molecule has 1 rings (SSSR count). The Morgan fingerprint density at radius 3 is 2.63 bits per heavy atom. The van der Waals surface area contributed by atoms with Gasteiger partial charge in [0.2, 0.25) is 0 Å². The third kappa shape index (κ3) is 4.76. The minimum absolute atomic E-state index is 0.385. The van der Waals surface area contributed by atoms with Crippen LogP contribution in [0.3, 0.4) is 0 Å². The smallest absolute Gasteiger partial charge is 0.339 e. The highest BCUT2D eigenvalue weighted by atomic mass is 32.2. The summed E-state index contributed by atoms with van der Waals surface area (Å²) in [5.41, 5.74) is 6.67. The fraction of sp³-hybridized carbons (Fsp3) is 0.500. The van der Waals surface area contributed by atoms with Gasteiger partial charge in [-0.05, 0) is 31.3 Å². The van der Waals surface area contributed by atoms with Crippen molar-refractivity contribution < 1.29 is 9.53 Å². The average Bonchev–Trinajstić information content (AvgIpc) is 2.44. The second-order valence-corrected chi connectivity index (χ2v) is 5.28. The molecule has 0 aliphatic rings. The molecular weight excluding hydrogens is 260 g/mol. The molecule has 1 aromatic carbocycles. The zero-order chi connectivity index (χ0) is 14.3. The van der Waals surface area contributed by atoms with Crippen LogP contribution in [0.1, 0.15) is 24.2 Å². The number of nitrogens with two attached hydrogens (primary N) is 1. The highest BCUT2D eigenvalue weighted by Gasteiger charge is 2.11. The van der Waals surface area contributed by atoms with Crippen LogP contribution in [0.5, 0.6) is 0 Å². The van der Waals surface area contributed by atoms with Crippen LogP contribution in [0, 0.1) is 0 Å². The van der Waals surface area contributed by atoms with Gasteiger partial charge in [0.25, 0.3) is 0 Å². The van der Waals surface area contributed by atoms with E-state index >= 15 is 0 Å². The Balaban J connectivity index is 2.62. The molecule has 0 radical (unpaired) electrons. The second kappa shape index (κ2) is 8.07. The van der Waals surface area contributed by atoms with Crippen LogP contribution < -0.4 is 5.73 Å². The van der Waals surface area contributed by atoms with Crippen molar-refractivity contribution in [2.24, 2.45) is 0 Å². The number of thioether (sulfide) groups is 1. The van der Waals surface area contributed by atoms with E-state index in [0.717, 1.165) is 30.3 Å². The van der Waals surface area contributed by atoms with Crippen molar-refractivity contribution in [3.63, 3.8) is 0 Å². The molecule has 4 nitrogen and oxygen atoms in total. The van der Waals surface area contributed by atoms with Crippen LogP contribution >= 0.6 is 11.8 Å². The molecule has 0 aromatic heterocycles. The first-order valence-corrected chi connectivity index (χ1v) is 7.43. The molecule has 0 aliphatic heterocycles. The van der Waals surface area contributed by atoms with Gasteiger partial charge >= 0.3 is 5.97 Å². The predicted molar refractivity (Wildman–Crippen MR) is 80.7 cm³/mol. The van der Waals surface area contributed by atoms with Gasteiger partial charge in [0.05, 0.1) is 12.7 Å². The Hall–Kier alpha value is -1.20. The molecule has 5 heteroatoms. The highest BCUT2D eigenvalue weighted by Crippen LogP contribution is 2.23. The van der Waals surface area contributed by atoms with Gasteiger partial charge in [-0.15, -0.1) is 11.8 Å². The molecule has 106 valence electrons. The number of benzene rings is 1. The maximum atomic E-state index is 11.5. The molecule has 0 heterocycles. The van der Waals surface area contributed by atoms with Crippen molar-refractivity contribution in [3.05, 3.63) is 23.8 Å². The molecule has 0 saturated heterocycles. The summed E-state index contributed by atoms with van der Waals surface area (Å²) in [5.74, 6) is 0.607. The van der Waals surface area contributed by atoms with Crippen molar-refractivity contribution in [2.45, 2.75) is 18.7 Å². The Bertz CT molecular complexity index is 420. The molecule has 1 aromatic rings. The summed E-state index contributed by atoms with van der Waals surface area (Å²) in [6.07, 6.45) is 0. The van der Waals surface area contributed by atoms with Gasteiger partial charge in [-0.3, -0.25) is 0 Å². The maximum Gasteiger partial charge on any atom is 0.339 e. The highest BCUT2D eigenvalue weighted by molar-refractivity contribution is 7.99. The second-order valence-electron chi connectivity index (χ2n) is 4.12. The molecule has 0 bridgehead atoms. The fourth-order valence-corrected chi connectivity index (χ4v) is 2.69. The summed E-state index contributed by atoms with van der Waals surface area (Å²) in [6.45, 7) is 7.48. The summed E-state index contributed by atoms with van der Waals surface area (Å²) in [7, 11) is 1.36. The van der Waals surface area contributed by atoms with Gasteiger partial charge in [-0.2, -0.15) is 0 Å². The fourth-order valence-electron chi connectivity index (χ4n) is 1.74. The van der Waals surface area contributed by atoms with E-state index in [1.807, 2.05) is 6.07 Å². The van der Waals surface area contributed by atoms with Gasteiger partial charge < -0.3 is 15.4 Å². The zero-order valence-electron chi connectivity index (χ0n) is 11.8. The van der Waals surface area contributed by atoms with Crippen molar-refractivity contribution in [1.82, 2.24) is 4.90 Å². The Kier molecular flexibility index (Phi) is 6.73. The zero-order valence-corrected chi connectivity index (χ0v) is 12.6. The number of anilines is 1. The van der Waals surface area contributed by atoms with Crippen LogP contribution in [0.25, 0.3) is 0 Å². The minimum atomic E-state index is -0.385. The number of nitrogen functional groups attached to an aromatic ring is 1. The number of ether oxygens (including phenoxy) is 1. The summed E-state index contributed by atoms with van der Waals surface area (Å²) >= 11 is 1.73. The van der Waals surface area contributed by atoms with Crippen LogP contribution in [-0.2, 0) is 4.74 Å². The van der Waals surface area contributed by atoms with Crippen LogP contribution in [-0.4, -0.2) is 43.4 Å². The van der Waals surface area contributed by atoms with E-state index in [2.05, 4.69) is 18.7 Å². The number of rotatable bonds is 7. The van der Waals surface area contributed by atoms with E-state index in [-0.39, 0.29) is 5.97 Å². The van der Waals surface area contributed by atoms with E-state index in [1.54, 1.807) is 23.9 Å². The molecule has 0 unspecified atom stereocenters. The third-order valence-corrected chi connectivity index (χ3v) is 3.97. The number of carbonyl (C=O) groups is 1. The number of methoxy groups -OCH3 is 1. The molecule has 0 spiro atoms. The van der Waals surface area contributed by atoms with Gasteiger partial charge in [-0.1, -0.05) is 13.8 Å². The lowest BCUT2D eigenvalue weighted by Gasteiger charge is -2.17. The molecule has 0 saturated carbocycles. The summed E-state index contributed by atoms with van der Waals surface area (Å²) in [6, 6.07) is 5.49. The van der Waals surface area contributed by atoms with Crippen LogP contribution in [0.2, 0.25) is 0 Å². The topological polar surface area (TPSA) is 55.6 Å². The number of hydrogen-bond acceptors (Lipinski definition) is 5. The number of esters is 1. The van der Waals surface area contributed by atoms with E-state index < -0.39 is 0 Å². The van der Waals surface area contributed by atoms with Gasteiger partial charge in [0, 0.05) is 22.9 Å². The summed E-state index contributed by atoms with van der Waals surface area (Å²) in [5, 5.41) is 0. The largest absolute Gasteiger partial charge is 0.465 e. The maximum absolute atomic E-state index is 11.5. The van der Waals surface area contributed by atoms with E-state index in [9.17, 15) is 4.79 Å². The van der Waals surface area contributed by atoms with Gasteiger partial charge in [0.15, 0.2) is 0 Å². The quantitative estimate of drug-likeness (QED) is 0.473. The molecule has 19 heavy (non-hydrogen) atoms. The summed E-state index contributed by atoms with van der Waals surface area (Å²) in [4.78, 5) is 15.0. The first-order chi connectivity index (χ1) is 9.12. The Morgan fingerprint density at radius 1 is 1.37 bits per heavy atom. The number of carbonyl (C=O) groups excluding carboxylic acids is 1. The molecule has 0 amide bonds. The number of nitrogens with zero attached hydrogens (tertiary/aromatic N) is 1. The molecular formula is C14H22N2O2S. The molecule has 0 fully saturated rings. The SMILES string of the molecule is CCN(CC)CCSc1ccc(N)c(C(=O)OC)c1. The van der Waals surface area contributed by atoms with Crippen molar-refractivity contribution in [1.29, 1.82) is 0 Å². The minimum Gasteiger partial charge on any atom is -0.465 e. The Morgan fingerprint density at radius 2 is 2.05 bits per heavy atom. The lowest BCUT2D eigenvalue weighted by atomic mass is 10.2. The third-order valence-electron chi connectivity index (χ3n) is 3.00.